The molecule has 104 valence electrons. The fourth-order valence-electron chi connectivity index (χ4n) is 2.46. The summed E-state index contributed by atoms with van der Waals surface area (Å²) in [5.74, 6) is 0.899. The Morgan fingerprint density at radius 2 is 2.26 bits per heavy atom. The van der Waals surface area contributed by atoms with Crippen molar-refractivity contribution in [3.63, 3.8) is 0 Å². The molecule has 2 fully saturated rings. The number of piperidine rings is 1. The van der Waals surface area contributed by atoms with E-state index in [0.717, 1.165) is 12.8 Å². The predicted molar refractivity (Wildman–Crippen MR) is 70.7 cm³/mol. The number of nitrogens with zero attached hydrogens (tertiary/aromatic N) is 3. The lowest BCUT2D eigenvalue weighted by molar-refractivity contribution is -0.0700. The van der Waals surface area contributed by atoms with Gasteiger partial charge in [0, 0.05) is 12.7 Å². The molecule has 6 heteroatoms. The topological polar surface area (TPSA) is 64.3 Å². The number of halogens is 1. The van der Waals surface area contributed by atoms with Crippen LogP contribution in [0.1, 0.15) is 26.2 Å². The fraction of sp³-hybridized carbons (Fsp3) is 0.692. The van der Waals surface area contributed by atoms with Crippen LogP contribution in [0.2, 0.25) is 0 Å². The normalized spacial score (nSPS) is 31.5. The standard InChI is InChI=1S/C13H19FN4O/c1-13(14)8-18(12-16-6-4-11(15)17-12)7-5-10(13)19-9-2-3-9/h4,6,9-10H,2-3,5,7-8H2,1H3,(H2,15,16,17)/t10-,13-/m1/s1. The van der Waals surface area contributed by atoms with Gasteiger partial charge in [-0.3, -0.25) is 0 Å². The van der Waals surface area contributed by atoms with Crippen LogP contribution in [0.4, 0.5) is 16.2 Å². The van der Waals surface area contributed by atoms with Crippen LogP contribution in [0, 0.1) is 0 Å². The number of ether oxygens (including phenoxy) is 1. The Labute approximate surface area is 112 Å². The van der Waals surface area contributed by atoms with E-state index in [9.17, 15) is 4.39 Å². The zero-order valence-electron chi connectivity index (χ0n) is 11.1. The monoisotopic (exact) mass is 266 g/mol. The number of alkyl halides is 1. The number of aromatic nitrogens is 2. The maximum absolute atomic E-state index is 14.7. The van der Waals surface area contributed by atoms with Crippen molar-refractivity contribution in [2.45, 2.75) is 44.1 Å². The van der Waals surface area contributed by atoms with Crippen molar-refractivity contribution < 1.29 is 9.13 Å². The molecule has 2 heterocycles. The second kappa shape index (κ2) is 4.59. The van der Waals surface area contributed by atoms with Crippen molar-refractivity contribution in [2.24, 2.45) is 0 Å². The first-order chi connectivity index (χ1) is 9.04. The first-order valence-corrected chi connectivity index (χ1v) is 6.72. The number of nitrogen functional groups attached to an aromatic ring is 1. The van der Waals surface area contributed by atoms with Gasteiger partial charge in [0.25, 0.3) is 0 Å². The molecule has 1 aliphatic heterocycles. The van der Waals surface area contributed by atoms with E-state index in [2.05, 4.69) is 9.97 Å². The maximum atomic E-state index is 14.7. The third-order valence-corrected chi connectivity index (χ3v) is 3.66. The average Bonchev–Trinajstić information content (AvgIpc) is 3.15. The first-order valence-electron chi connectivity index (χ1n) is 6.72. The Morgan fingerprint density at radius 3 is 2.89 bits per heavy atom. The van der Waals surface area contributed by atoms with Crippen LogP contribution in [0.3, 0.4) is 0 Å². The van der Waals surface area contributed by atoms with Crippen LogP contribution >= 0.6 is 0 Å². The van der Waals surface area contributed by atoms with Gasteiger partial charge in [0.05, 0.1) is 18.8 Å². The molecule has 0 aromatic carbocycles. The summed E-state index contributed by atoms with van der Waals surface area (Å²) in [5, 5.41) is 0. The van der Waals surface area contributed by atoms with Crippen molar-refractivity contribution in [1.29, 1.82) is 0 Å². The Morgan fingerprint density at radius 1 is 1.47 bits per heavy atom. The van der Waals surface area contributed by atoms with Crippen molar-refractivity contribution in [3.05, 3.63) is 12.3 Å². The minimum atomic E-state index is -1.38. The lowest BCUT2D eigenvalue weighted by Crippen LogP contribution is -2.54. The van der Waals surface area contributed by atoms with E-state index in [1.165, 1.54) is 0 Å². The highest BCUT2D eigenvalue weighted by atomic mass is 19.1. The van der Waals surface area contributed by atoms with E-state index in [1.54, 1.807) is 19.2 Å². The molecule has 5 nitrogen and oxygen atoms in total. The molecule has 1 aromatic rings. The van der Waals surface area contributed by atoms with Crippen molar-refractivity contribution >= 4 is 11.8 Å². The highest BCUT2D eigenvalue weighted by Gasteiger charge is 2.44. The van der Waals surface area contributed by atoms with Crippen LogP contribution in [0.5, 0.6) is 0 Å². The summed E-state index contributed by atoms with van der Waals surface area (Å²) in [7, 11) is 0. The van der Waals surface area contributed by atoms with Crippen LogP contribution in [-0.2, 0) is 4.74 Å². The quantitative estimate of drug-likeness (QED) is 0.899. The van der Waals surface area contributed by atoms with Gasteiger partial charge in [-0.15, -0.1) is 0 Å². The number of hydrogen-bond acceptors (Lipinski definition) is 5. The van der Waals surface area contributed by atoms with Crippen molar-refractivity contribution in [1.82, 2.24) is 9.97 Å². The molecule has 2 aliphatic rings. The molecule has 2 N–H and O–H groups in total. The molecular formula is C13H19FN4O. The highest BCUT2D eigenvalue weighted by Crippen LogP contribution is 2.35. The van der Waals surface area contributed by atoms with Gasteiger partial charge in [0.1, 0.15) is 5.82 Å². The predicted octanol–water partition coefficient (Wildman–Crippen LogP) is 1.54. The molecule has 2 atom stereocenters. The van der Waals surface area contributed by atoms with Gasteiger partial charge in [-0.25, -0.2) is 9.37 Å². The molecule has 19 heavy (non-hydrogen) atoms. The molecular weight excluding hydrogens is 247 g/mol. The summed E-state index contributed by atoms with van der Waals surface area (Å²) in [6.07, 6.45) is 4.33. The minimum Gasteiger partial charge on any atom is -0.384 e. The van der Waals surface area contributed by atoms with Gasteiger partial charge < -0.3 is 15.4 Å². The van der Waals surface area contributed by atoms with E-state index in [0.29, 0.717) is 24.7 Å². The molecule has 0 bridgehead atoms. The first kappa shape index (κ1) is 12.6. The smallest absolute Gasteiger partial charge is 0.227 e. The summed E-state index contributed by atoms with van der Waals surface area (Å²) < 4.78 is 20.5. The Hall–Kier alpha value is -1.43. The molecule has 0 amide bonds. The average molecular weight is 266 g/mol. The molecule has 0 radical (unpaired) electrons. The summed E-state index contributed by atoms with van der Waals surface area (Å²) in [6.45, 7) is 2.53. The third-order valence-electron chi connectivity index (χ3n) is 3.66. The number of hydrogen-bond donors (Lipinski definition) is 1. The largest absolute Gasteiger partial charge is 0.384 e. The Bertz CT molecular complexity index is 464. The Kier molecular flexibility index (Phi) is 3.05. The van der Waals surface area contributed by atoms with E-state index in [-0.39, 0.29) is 18.8 Å². The van der Waals surface area contributed by atoms with Gasteiger partial charge in [-0.1, -0.05) is 0 Å². The molecule has 1 saturated heterocycles. The van der Waals surface area contributed by atoms with E-state index in [4.69, 9.17) is 10.5 Å². The SMILES string of the molecule is C[C@@]1(F)CN(c2nccc(N)n2)CC[C@H]1OC1CC1. The summed E-state index contributed by atoms with van der Waals surface area (Å²) in [5.41, 5.74) is 4.26. The lowest BCUT2D eigenvalue weighted by atomic mass is 9.93. The highest BCUT2D eigenvalue weighted by molar-refractivity contribution is 5.39. The van der Waals surface area contributed by atoms with Crippen molar-refractivity contribution in [3.8, 4) is 0 Å². The van der Waals surface area contributed by atoms with Crippen LogP contribution in [-0.4, -0.2) is 40.9 Å². The van der Waals surface area contributed by atoms with Crippen LogP contribution in [0.15, 0.2) is 12.3 Å². The van der Waals surface area contributed by atoms with Gasteiger partial charge >= 0.3 is 0 Å². The van der Waals surface area contributed by atoms with E-state index < -0.39 is 5.67 Å². The van der Waals surface area contributed by atoms with Crippen LogP contribution < -0.4 is 10.6 Å². The minimum absolute atomic E-state index is 0.244. The van der Waals surface area contributed by atoms with E-state index >= 15 is 0 Å². The molecule has 0 spiro atoms. The summed E-state index contributed by atoms with van der Waals surface area (Å²) in [6, 6.07) is 1.63. The number of anilines is 2. The molecule has 0 unspecified atom stereocenters. The Balaban J connectivity index is 1.70. The zero-order chi connectivity index (χ0) is 13.5. The molecule has 3 rings (SSSR count). The van der Waals surface area contributed by atoms with Crippen molar-refractivity contribution in [2.75, 3.05) is 23.7 Å². The molecule has 1 aromatic heterocycles. The van der Waals surface area contributed by atoms with Gasteiger partial charge in [-0.05, 0) is 32.3 Å². The van der Waals surface area contributed by atoms with E-state index in [1.807, 2.05) is 4.90 Å². The maximum Gasteiger partial charge on any atom is 0.227 e. The summed E-state index contributed by atoms with van der Waals surface area (Å²) >= 11 is 0. The summed E-state index contributed by atoms with van der Waals surface area (Å²) in [4.78, 5) is 10.1. The van der Waals surface area contributed by atoms with Gasteiger partial charge in [0.15, 0.2) is 5.67 Å². The number of rotatable bonds is 3. The fourth-order valence-corrected chi connectivity index (χ4v) is 2.46. The van der Waals surface area contributed by atoms with Crippen LogP contribution in [0.25, 0.3) is 0 Å². The molecule has 1 saturated carbocycles. The van der Waals surface area contributed by atoms with Gasteiger partial charge in [-0.2, -0.15) is 4.98 Å². The second-order valence-corrected chi connectivity index (χ2v) is 5.59. The molecule has 1 aliphatic carbocycles. The zero-order valence-corrected chi connectivity index (χ0v) is 11.1. The lowest BCUT2D eigenvalue weighted by Gasteiger charge is -2.41. The second-order valence-electron chi connectivity index (χ2n) is 5.59. The number of nitrogens with two attached hydrogens (primary N) is 1. The third kappa shape index (κ3) is 2.78. The van der Waals surface area contributed by atoms with Gasteiger partial charge in [0.2, 0.25) is 5.95 Å².